The number of aromatic amines is 1. The zero-order valence-electron chi connectivity index (χ0n) is 32.4. The molecule has 3 aliphatic rings. The number of methoxy groups -OCH3 is 1. The van der Waals surface area contributed by atoms with Crippen molar-refractivity contribution in [3.8, 4) is 28.4 Å². The number of nitrogens with one attached hydrogen (secondary N) is 3. The minimum atomic E-state index is -0.866. The van der Waals surface area contributed by atoms with Crippen LogP contribution in [-0.4, -0.2) is 65.6 Å². The molecule has 3 saturated heterocycles. The number of fused-ring (bicyclic) bond motifs is 4. The van der Waals surface area contributed by atoms with Gasteiger partial charge in [0.1, 0.15) is 30.0 Å². The Balaban J connectivity index is 0.899. The minimum absolute atomic E-state index is 0.0470. The lowest BCUT2D eigenvalue weighted by Gasteiger charge is -2.43. The lowest BCUT2D eigenvalue weighted by atomic mass is 9.86. The molecule has 1 amide bonds. The van der Waals surface area contributed by atoms with Crippen molar-refractivity contribution >= 4 is 17.0 Å². The predicted molar refractivity (Wildman–Crippen MR) is 223 cm³/mol. The third kappa shape index (κ3) is 8.87. The van der Waals surface area contributed by atoms with Crippen molar-refractivity contribution in [1.29, 1.82) is 0 Å². The first-order valence-corrected chi connectivity index (χ1v) is 19.8. The number of alkyl carbamates (subject to hydrolysis) is 1. The number of piperidine rings is 3. The Bertz CT molecular complexity index is 2410. The fraction of sp³-hybridized carbons (Fsp3) is 0.277. The van der Waals surface area contributed by atoms with Crippen LogP contribution >= 0.6 is 0 Å². The summed E-state index contributed by atoms with van der Waals surface area (Å²) >= 11 is 0. The van der Waals surface area contributed by atoms with E-state index < -0.39 is 18.2 Å². The summed E-state index contributed by atoms with van der Waals surface area (Å²) in [6, 6.07) is 37.6. The lowest BCUT2D eigenvalue weighted by molar-refractivity contribution is -0.0336. The molecule has 0 radical (unpaired) electrons. The summed E-state index contributed by atoms with van der Waals surface area (Å²) in [4.78, 5) is 30.1. The standard InChI is InChI=1S/C47H48N4O7/c1-56-42-18-12-31(26-48-27-41(53)37-15-17-40(52)46-38(37)16-19-44(54)49-46)24-39(42)32-13-10-30(11-14-32)29-57-36-9-5-8-35(25-36)45(34-6-3-2-4-7-34)50-47(55)58-43-28-51-22-20-33(43)21-23-51/h2-19,24-25,33,41,43,45,48,52-53H,20-23,26-29H2,1H3,(H,49,54)(H,50,55)/t41?,43?,45-/m0/s1. The summed E-state index contributed by atoms with van der Waals surface area (Å²) in [6.45, 7) is 4.07. The molecule has 11 heteroatoms. The van der Waals surface area contributed by atoms with Crippen LogP contribution < -0.4 is 25.7 Å². The van der Waals surface area contributed by atoms with Crippen molar-refractivity contribution < 1.29 is 29.2 Å². The number of aromatic nitrogens is 1. The number of phenols is 1. The molecule has 1 aromatic heterocycles. The van der Waals surface area contributed by atoms with Crippen LogP contribution in [0.1, 0.15) is 52.8 Å². The monoisotopic (exact) mass is 780 g/mol. The van der Waals surface area contributed by atoms with Crippen molar-refractivity contribution in [2.75, 3.05) is 33.3 Å². The van der Waals surface area contributed by atoms with Crippen molar-refractivity contribution in [1.82, 2.24) is 20.5 Å². The first-order valence-electron chi connectivity index (χ1n) is 19.8. The van der Waals surface area contributed by atoms with Gasteiger partial charge in [0, 0.05) is 36.7 Å². The van der Waals surface area contributed by atoms with Gasteiger partial charge in [-0.05, 0) is 102 Å². The Morgan fingerprint density at radius 3 is 2.41 bits per heavy atom. The number of nitrogens with zero attached hydrogens (tertiary/aromatic N) is 1. The molecule has 298 valence electrons. The first kappa shape index (κ1) is 38.7. The van der Waals surface area contributed by atoms with Crippen LogP contribution in [0.4, 0.5) is 4.79 Å². The number of aliphatic hydroxyl groups excluding tert-OH is 1. The summed E-state index contributed by atoms with van der Waals surface area (Å²) < 4.78 is 18.0. The second-order valence-corrected chi connectivity index (χ2v) is 15.1. The van der Waals surface area contributed by atoms with E-state index in [4.69, 9.17) is 14.2 Å². The van der Waals surface area contributed by atoms with Gasteiger partial charge in [0.2, 0.25) is 5.56 Å². The number of rotatable bonds is 14. The molecule has 0 aliphatic carbocycles. The number of H-pyrrole nitrogens is 1. The average Bonchev–Trinajstić information content (AvgIpc) is 3.26. The number of hydrogen-bond acceptors (Lipinski definition) is 9. The summed E-state index contributed by atoms with van der Waals surface area (Å²) in [6.07, 6.45) is 0.793. The fourth-order valence-electron chi connectivity index (χ4n) is 8.17. The maximum absolute atomic E-state index is 13.3. The molecule has 58 heavy (non-hydrogen) atoms. The van der Waals surface area contributed by atoms with E-state index >= 15 is 0 Å². The van der Waals surface area contributed by atoms with Gasteiger partial charge in [-0.15, -0.1) is 0 Å². The predicted octanol–water partition coefficient (Wildman–Crippen LogP) is 7.22. The zero-order valence-corrected chi connectivity index (χ0v) is 32.4. The highest BCUT2D eigenvalue weighted by Crippen LogP contribution is 2.34. The van der Waals surface area contributed by atoms with E-state index in [1.54, 1.807) is 19.2 Å². The molecular weight excluding hydrogens is 733 g/mol. The van der Waals surface area contributed by atoms with E-state index in [1.807, 2.05) is 91.0 Å². The summed E-state index contributed by atoms with van der Waals surface area (Å²) in [5.74, 6) is 1.81. The maximum atomic E-state index is 13.3. The average molecular weight is 781 g/mol. The second-order valence-electron chi connectivity index (χ2n) is 15.1. The number of amides is 1. The van der Waals surface area contributed by atoms with Crippen molar-refractivity contribution in [3.05, 3.63) is 159 Å². The molecule has 4 heterocycles. The SMILES string of the molecule is COc1ccc(CNCC(O)c2ccc(O)c3[nH]c(=O)ccc23)cc1-c1ccc(COc2cccc([C@@H](NC(=O)OC3CN4CCC3CC4)c3ccccc3)c2)cc1. The van der Waals surface area contributed by atoms with Crippen molar-refractivity contribution in [2.45, 2.75) is 44.2 Å². The van der Waals surface area contributed by atoms with Gasteiger partial charge >= 0.3 is 6.09 Å². The van der Waals surface area contributed by atoms with Crippen LogP contribution in [-0.2, 0) is 17.9 Å². The Hall–Kier alpha value is -6.14. The highest BCUT2D eigenvalue weighted by Gasteiger charge is 2.37. The Morgan fingerprint density at radius 1 is 0.879 bits per heavy atom. The van der Waals surface area contributed by atoms with E-state index in [0.717, 1.165) is 71.6 Å². The van der Waals surface area contributed by atoms with Crippen LogP contribution in [0, 0.1) is 5.92 Å². The Morgan fingerprint density at radius 2 is 1.66 bits per heavy atom. The van der Waals surface area contributed by atoms with Crippen molar-refractivity contribution in [2.24, 2.45) is 5.92 Å². The van der Waals surface area contributed by atoms with Gasteiger partial charge in [-0.2, -0.15) is 0 Å². The molecule has 9 rings (SSSR count). The minimum Gasteiger partial charge on any atom is -0.506 e. The van der Waals surface area contributed by atoms with Crippen LogP contribution in [0.5, 0.6) is 17.2 Å². The van der Waals surface area contributed by atoms with E-state index in [-0.39, 0.29) is 24.0 Å². The number of pyridine rings is 1. The third-order valence-corrected chi connectivity index (χ3v) is 11.3. The van der Waals surface area contributed by atoms with E-state index in [2.05, 4.69) is 26.6 Å². The maximum Gasteiger partial charge on any atom is 0.408 e. The van der Waals surface area contributed by atoms with Crippen molar-refractivity contribution in [3.63, 3.8) is 0 Å². The van der Waals surface area contributed by atoms with Crippen LogP contribution in [0.3, 0.4) is 0 Å². The highest BCUT2D eigenvalue weighted by molar-refractivity contribution is 5.87. The molecule has 5 aromatic carbocycles. The Kier molecular flexibility index (Phi) is 11.7. The molecular formula is C47H48N4O7. The number of carbonyl (C=O) groups excluding carboxylic acids is 1. The number of carbonyl (C=O) groups is 1. The van der Waals surface area contributed by atoms with Gasteiger partial charge in [0.15, 0.2) is 0 Å². The van der Waals surface area contributed by atoms with Crippen LogP contribution in [0.25, 0.3) is 22.0 Å². The molecule has 0 spiro atoms. The Labute approximate surface area is 337 Å². The molecule has 3 fully saturated rings. The van der Waals surface area contributed by atoms with Gasteiger partial charge in [0.05, 0.1) is 24.8 Å². The fourth-order valence-corrected chi connectivity index (χ4v) is 8.17. The number of aromatic hydroxyl groups is 1. The van der Waals surface area contributed by atoms with Gasteiger partial charge in [-0.3, -0.25) is 9.69 Å². The molecule has 0 saturated carbocycles. The number of ether oxygens (including phenoxy) is 3. The van der Waals surface area contributed by atoms with Gasteiger partial charge in [0.25, 0.3) is 0 Å². The van der Waals surface area contributed by atoms with Gasteiger partial charge in [-0.25, -0.2) is 4.79 Å². The molecule has 3 atom stereocenters. The molecule has 11 nitrogen and oxygen atoms in total. The quantitative estimate of drug-likeness (QED) is 0.0774. The molecule has 6 aromatic rings. The highest BCUT2D eigenvalue weighted by atomic mass is 16.6. The van der Waals surface area contributed by atoms with Crippen LogP contribution in [0.2, 0.25) is 0 Å². The summed E-state index contributed by atoms with van der Waals surface area (Å²) in [7, 11) is 1.65. The smallest absolute Gasteiger partial charge is 0.408 e. The summed E-state index contributed by atoms with van der Waals surface area (Å²) in [5.41, 5.74) is 6.34. The van der Waals surface area contributed by atoms with Gasteiger partial charge in [-0.1, -0.05) is 78.9 Å². The summed E-state index contributed by atoms with van der Waals surface area (Å²) in [5, 5.41) is 28.3. The molecule has 3 aliphatic heterocycles. The number of benzene rings is 5. The second kappa shape index (κ2) is 17.6. The molecule has 2 unspecified atom stereocenters. The third-order valence-electron chi connectivity index (χ3n) is 11.3. The molecule has 2 bridgehead atoms. The van der Waals surface area contributed by atoms with Gasteiger partial charge < -0.3 is 40.0 Å². The largest absolute Gasteiger partial charge is 0.506 e. The topological polar surface area (TPSA) is 145 Å². The van der Waals surface area contributed by atoms with E-state index in [9.17, 15) is 19.8 Å². The molecule has 5 N–H and O–H groups in total. The van der Waals surface area contributed by atoms with E-state index in [1.165, 1.54) is 12.1 Å². The normalized spacial score (nSPS) is 18.3. The first-order chi connectivity index (χ1) is 28.3. The number of aliphatic hydroxyl groups is 1. The number of phenolic OH excluding ortho intramolecular Hbond substituents is 1. The van der Waals surface area contributed by atoms with E-state index in [0.29, 0.717) is 41.3 Å². The van der Waals surface area contributed by atoms with Crippen LogP contribution in [0.15, 0.2) is 126 Å². The zero-order chi connectivity index (χ0) is 40.0. The number of hydrogen-bond donors (Lipinski definition) is 5. The lowest BCUT2D eigenvalue weighted by Crippen LogP contribution is -2.52.